The van der Waals surface area contributed by atoms with Crippen LogP contribution in [0.15, 0.2) is 53.9 Å². The van der Waals surface area contributed by atoms with Gasteiger partial charge in [0, 0.05) is 25.5 Å². The molecule has 4 heterocycles. The number of pyridine rings is 1. The van der Waals surface area contributed by atoms with Crippen molar-refractivity contribution in [2.45, 2.75) is 5.16 Å². The van der Waals surface area contributed by atoms with Crippen molar-refractivity contribution in [2.24, 2.45) is 0 Å². The Morgan fingerprint density at radius 1 is 0.969 bits per heavy atom. The Balaban J connectivity index is 1.71. The smallest absolute Gasteiger partial charge is 0.243 e. The maximum Gasteiger partial charge on any atom is 0.243 e. The molecule has 1 saturated heterocycles. The fourth-order valence-electron chi connectivity index (χ4n) is 3.43. The van der Waals surface area contributed by atoms with E-state index in [9.17, 15) is 8.42 Å². The van der Waals surface area contributed by atoms with Crippen molar-refractivity contribution >= 4 is 38.5 Å². The third kappa shape index (κ3) is 3.97. The predicted molar refractivity (Wildman–Crippen MR) is 118 cm³/mol. The van der Waals surface area contributed by atoms with Crippen molar-refractivity contribution in [3.8, 4) is 5.95 Å². The number of hydrogen-bond acceptors (Lipinski definition) is 10. The minimum atomic E-state index is -3.67. The summed E-state index contributed by atoms with van der Waals surface area (Å²) in [6.07, 6.45) is 4.43. The van der Waals surface area contributed by atoms with Crippen LogP contribution < -0.4 is 10.2 Å². The molecule has 0 spiro atoms. The molecule has 0 unspecified atom stereocenters. The highest BCUT2D eigenvalue weighted by atomic mass is 32.2. The van der Waals surface area contributed by atoms with Gasteiger partial charge in [0.05, 0.1) is 36.1 Å². The number of imidazole rings is 1. The Hall–Kier alpha value is -3.64. The number of benzene rings is 1. The molecule has 5 rings (SSSR count). The predicted octanol–water partition coefficient (Wildman–Crippen LogP) is 1.59. The number of morpholine rings is 1. The fourth-order valence-corrected chi connectivity index (χ4v) is 4.20. The number of ether oxygens (including phenoxy) is 1. The Morgan fingerprint density at radius 3 is 2.50 bits per heavy atom. The summed E-state index contributed by atoms with van der Waals surface area (Å²) in [6.45, 7) is 2.32. The SMILES string of the molecule is CS(=O)(=O)c1nc2ccccc2n1-c1nc(Nc2cccnc2)nc(N2CCOCC2)n1. The van der Waals surface area contributed by atoms with E-state index >= 15 is 0 Å². The first-order valence-corrected chi connectivity index (χ1v) is 11.8. The summed E-state index contributed by atoms with van der Waals surface area (Å²) in [5, 5.41) is 2.99. The average Bonchev–Trinajstić information content (AvgIpc) is 3.21. The molecule has 1 N–H and O–H groups in total. The Kier molecular flexibility index (Phi) is 5.15. The first-order valence-electron chi connectivity index (χ1n) is 9.93. The average molecular weight is 453 g/mol. The molecule has 0 radical (unpaired) electrons. The monoisotopic (exact) mass is 452 g/mol. The second-order valence-corrected chi connectivity index (χ2v) is 9.13. The topological polar surface area (TPSA) is 128 Å². The second kappa shape index (κ2) is 8.13. The second-order valence-electron chi connectivity index (χ2n) is 7.22. The molecule has 0 bridgehead atoms. The molecule has 11 nitrogen and oxygen atoms in total. The van der Waals surface area contributed by atoms with Crippen LogP contribution in [0.2, 0.25) is 0 Å². The van der Waals surface area contributed by atoms with E-state index in [4.69, 9.17) is 4.74 Å². The van der Waals surface area contributed by atoms with Crippen LogP contribution in [0, 0.1) is 0 Å². The van der Waals surface area contributed by atoms with Gasteiger partial charge in [0.15, 0.2) is 0 Å². The molecule has 1 aliphatic heterocycles. The van der Waals surface area contributed by atoms with Crippen molar-refractivity contribution in [1.82, 2.24) is 29.5 Å². The summed E-state index contributed by atoms with van der Waals surface area (Å²) in [7, 11) is -3.67. The summed E-state index contributed by atoms with van der Waals surface area (Å²) < 4.78 is 32.0. The molecule has 164 valence electrons. The van der Waals surface area contributed by atoms with E-state index in [1.54, 1.807) is 36.7 Å². The number of nitrogens with zero attached hydrogens (tertiary/aromatic N) is 7. The zero-order valence-corrected chi connectivity index (χ0v) is 18.0. The summed E-state index contributed by atoms with van der Waals surface area (Å²) in [5.74, 6) is 0.839. The van der Waals surface area contributed by atoms with Crippen molar-refractivity contribution in [3.05, 3.63) is 48.8 Å². The van der Waals surface area contributed by atoms with Gasteiger partial charge in [-0.05, 0) is 24.3 Å². The number of anilines is 3. The standard InChI is InChI=1S/C20H20N8O3S/c1-32(29,30)20-23-15-6-2-3-7-16(15)28(20)19-25-17(22-14-5-4-8-21-13-14)24-18(26-19)27-9-11-31-12-10-27/h2-8,13H,9-12H2,1H3,(H,22,24,25,26). The number of para-hydroxylation sites is 2. The molecular formula is C20H20N8O3S. The Morgan fingerprint density at radius 2 is 1.75 bits per heavy atom. The van der Waals surface area contributed by atoms with Crippen LogP contribution in [0.25, 0.3) is 17.0 Å². The maximum absolute atomic E-state index is 12.6. The van der Waals surface area contributed by atoms with Gasteiger partial charge in [-0.25, -0.2) is 13.4 Å². The summed E-state index contributed by atoms with van der Waals surface area (Å²) >= 11 is 0. The summed E-state index contributed by atoms with van der Waals surface area (Å²) in [6, 6.07) is 10.8. The van der Waals surface area contributed by atoms with E-state index in [-0.39, 0.29) is 17.1 Å². The van der Waals surface area contributed by atoms with Gasteiger partial charge in [-0.15, -0.1) is 0 Å². The Bertz CT molecular complexity index is 1370. The van der Waals surface area contributed by atoms with Gasteiger partial charge in [-0.2, -0.15) is 15.0 Å². The highest BCUT2D eigenvalue weighted by molar-refractivity contribution is 7.90. The van der Waals surface area contributed by atoms with E-state index in [2.05, 4.69) is 30.2 Å². The van der Waals surface area contributed by atoms with E-state index in [0.29, 0.717) is 49.0 Å². The molecule has 1 fully saturated rings. The van der Waals surface area contributed by atoms with Crippen LogP contribution >= 0.6 is 0 Å². The van der Waals surface area contributed by atoms with Crippen molar-refractivity contribution in [3.63, 3.8) is 0 Å². The lowest BCUT2D eigenvalue weighted by Crippen LogP contribution is -2.37. The third-order valence-corrected chi connectivity index (χ3v) is 5.82. The van der Waals surface area contributed by atoms with E-state index < -0.39 is 9.84 Å². The Labute approximate surface area is 184 Å². The highest BCUT2D eigenvalue weighted by Crippen LogP contribution is 2.25. The zero-order chi connectivity index (χ0) is 22.1. The molecule has 3 aromatic heterocycles. The van der Waals surface area contributed by atoms with Gasteiger partial charge in [0.25, 0.3) is 0 Å². The van der Waals surface area contributed by atoms with Gasteiger partial charge >= 0.3 is 0 Å². The van der Waals surface area contributed by atoms with Gasteiger partial charge in [0.1, 0.15) is 0 Å². The van der Waals surface area contributed by atoms with Crippen LogP contribution in [0.5, 0.6) is 0 Å². The molecule has 1 aromatic carbocycles. The molecule has 0 aliphatic carbocycles. The molecular weight excluding hydrogens is 432 g/mol. The molecule has 0 saturated carbocycles. The number of sulfone groups is 1. The molecule has 12 heteroatoms. The summed E-state index contributed by atoms with van der Waals surface area (Å²) in [4.78, 5) is 24.1. The lowest BCUT2D eigenvalue weighted by molar-refractivity contribution is 0.122. The van der Waals surface area contributed by atoms with E-state index in [1.807, 2.05) is 17.0 Å². The maximum atomic E-state index is 12.6. The quantitative estimate of drug-likeness (QED) is 0.477. The minimum Gasteiger partial charge on any atom is -0.378 e. The van der Waals surface area contributed by atoms with Gasteiger partial charge in [-0.3, -0.25) is 9.55 Å². The highest BCUT2D eigenvalue weighted by Gasteiger charge is 2.24. The number of nitrogens with one attached hydrogen (secondary N) is 1. The number of hydrogen-bond donors (Lipinski definition) is 1. The largest absolute Gasteiger partial charge is 0.378 e. The minimum absolute atomic E-state index is 0.134. The third-order valence-electron chi connectivity index (χ3n) is 4.89. The lowest BCUT2D eigenvalue weighted by atomic mass is 10.3. The number of fused-ring (bicyclic) bond motifs is 1. The van der Waals surface area contributed by atoms with Crippen molar-refractivity contribution < 1.29 is 13.2 Å². The van der Waals surface area contributed by atoms with Gasteiger partial charge < -0.3 is 15.0 Å². The zero-order valence-electron chi connectivity index (χ0n) is 17.2. The van der Waals surface area contributed by atoms with Crippen LogP contribution in [-0.2, 0) is 14.6 Å². The van der Waals surface area contributed by atoms with Crippen molar-refractivity contribution in [1.29, 1.82) is 0 Å². The molecule has 0 amide bonds. The molecule has 0 atom stereocenters. The van der Waals surface area contributed by atoms with E-state index in [1.165, 1.54) is 4.57 Å². The number of rotatable bonds is 5. The van der Waals surface area contributed by atoms with Crippen LogP contribution in [0.4, 0.5) is 17.6 Å². The first kappa shape index (κ1) is 20.3. The van der Waals surface area contributed by atoms with Crippen LogP contribution in [0.1, 0.15) is 0 Å². The first-order chi connectivity index (χ1) is 15.5. The molecule has 1 aliphatic rings. The van der Waals surface area contributed by atoms with Gasteiger partial charge in [0.2, 0.25) is 32.8 Å². The van der Waals surface area contributed by atoms with Crippen LogP contribution in [-0.4, -0.2) is 70.5 Å². The lowest BCUT2D eigenvalue weighted by Gasteiger charge is -2.27. The molecule has 32 heavy (non-hydrogen) atoms. The fraction of sp³-hybridized carbons (Fsp3) is 0.250. The van der Waals surface area contributed by atoms with Crippen molar-refractivity contribution in [2.75, 3.05) is 42.8 Å². The molecule has 4 aromatic rings. The van der Waals surface area contributed by atoms with E-state index in [0.717, 1.165) is 6.26 Å². The normalized spacial score (nSPS) is 14.6. The van der Waals surface area contributed by atoms with Gasteiger partial charge in [-0.1, -0.05) is 12.1 Å². The number of aromatic nitrogens is 6. The summed E-state index contributed by atoms with van der Waals surface area (Å²) in [5.41, 5.74) is 1.80. The van der Waals surface area contributed by atoms with Crippen LogP contribution in [0.3, 0.4) is 0 Å².